The van der Waals surface area contributed by atoms with E-state index in [2.05, 4.69) is 24.1 Å². The molecule has 2 aliphatic heterocycles. The second kappa shape index (κ2) is 6.21. The van der Waals surface area contributed by atoms with Crippen LogP contribution in [0, 0.1) is 23.1 Å². The molecule has 2 unspecified atom stereocenters. The number of halogens is 2. The van der Waals surface area contributed by atoms with Crippen LogP contribution in [0.5, 0.6) is 0 Å². The molecular formula is C16H21ClFN3. The fourth-order valence-corrected chi connectivity index (χ4v) is 3.43. The van der Waals surface area contributed by atoms with Crippen LogP contribution in [0.1, 0.15) is 31.4 Å². The Balaban J connectivity index is 0.00000161. The number of rotatable bonds is 3. The lowest BCUT2D eigenvalue weighted by Crippen LogP contribution is -2.44. The van der Waals surface area contributed by atoms with Crippen molar-refractivity contribution in [2.75, 3.05) is 18.0 Å². The SMILES string of the molecule is CC(C)Cc1cc(F)c(C#N)c(N2CC3CC2CN3)c1.Cl. The van der Waals surface area contributed by atoms with Gasteiger partial charge in [-0.2, -0.15) is 5.26 Å². The Kier molecular flexibility index (Phi) is 4.75. The predicted octanol–water partition coefficient (Wildman–Crippen LogP) is 2.87. The van der Waals surface area contributed by atoms with Crippen molar-refractivity contribution in [2.45, 2.75) is 38.8 Å². The first-order valence-corrected chi connectivity index (χ1v) is 7.31. The van der Waals surface area contributed by atoms with Gasteiger partial charge in [0.2, 0.25) is 0 Å². The van der Waals surface area contributed by atoms with Gasteiger partial charge in [-0.3, -0.25) is 0 Å². The summed E-state index contributed by atoms with van der Waals surface area (Å²) in [5.41, 5.74) is 1.98. The van der Waals surface area contributed by atoms with Gasteiger partial charge in [0.1, 0.15) is 17.4 Å². The van der Waals surface area contributed by atoms with E-state index in [1.165, 1.54) is 6.07 Å². The molecule has 1 N–H and O–H groups in total. The summed E-state index contributed by atoms with van der Waals surface area (Å²) in [6.07, 6.45) is 1.94. The molecule has 3 rings (SSSR count). The minimum atomic E-state index is -0.378. The molecular weight excluding hydrogens is 289 g/mol. The monoisotopic (exact) mass is 309 g/mol. The van der Waals surface area contributed by atoms with E-state index in [-0.39, 0.29) is 23.8 Å². The summed E-state index contributed by atoms with van der Waals surface area (Å²) in [6, 6.07) is 6.48. The molecule has 0 aromatic heterocycles. The summed E-state index contributed by atoms with van der Waals surface area (Å²) in [7, 11) is 0. The molecule has 0 spiro atoms. The zero-order valence-corrected chi connectivity index (χ0v) is 13.2. The van der Waals surface area contributed by atoms with Crippen molar-refractivity contribution >= 4 is 18.1 Å². The van der Waals surface area contributed by atoms with Gasteiger partial charge in [-0.1, -0.05) is 13.8 Å². The lowest BCUT2D eigenvalue weighted by atomic mass is 9.99. The normalized spacial score (nSPS) is 23.3. The van der Waals surface area contributed by atoms with E-state index in [0.29, 0.717) is 18.0 Å². The average Bonchev–Trinajstić information content (AvgIpc) is 2.99. The minimum Gasteiger partial charge on any atom is -0.364 e. The Morgan fingerprint density at radius 3 is 2.76 bits per heavy atom. The molecule has 1 aromatic carbocycles. The Morgan fingerprint density at radius 2 is 2.24 bits per heavy atom. The number of hydrogen-bond acceptors (Lipinski definition) is 3. The van der Waals surface area contributed by atoms with Gasteiger partial charge in [0.05, 0.1) is 5.69 Å². The largest absolute Gasteiger partial charge is 0.364 e. The van der Waals surface area contributed by atoms with E-state index < -0.39 is 0 Å². The molecule has 0 aliphatic carbocycles. The standard InChI is InChI=1S/C16H20FN3.ClH/c1-10(2)3-11-4-15(17)14(7-18)16(5-11)20-9-12-6-13(20)8-19-12;/h4-5,10,12-13,19H,3,6,8-9H2,1-2H3;1H. The van der Waals surface area contributed by atoms with Crippen molar-refractivity contribution < 1.29 is 4.39 Å². The van der Waals surface area contributed by atoms with Crippen molar-refractivity contribution in [3.05, 3.63) is 29.1 Å². The van der Waals surface area contributed by atoms with Crippen LogP contribution < -0.4 is 10.2 Å². The molecule has 2 heterocycles. The summed E-state index contributed by atoms with van der Waals surface area (Å²) in [5.74, 6) is 0.100. The molecule has 2 fully saturated rings. The van der Waals surface area contributed by atoms with E-state index in [1.54, 1.807) is 0 Å². The first kappa shape index (κ1) is 16.1. The third kappa shape index (κ3) is 3.00. The number of nitrogens with one attached hydrogen (secondary N) is 1. The summed E-state index contributed by atoms with van der Waals surface area (Å²) in [4.78, 5) is 2.21. The van der Waals surface area contributed by atoms with Crippen LogP contribution in [0.4, 0.5) is 10.1 Å². The first-order valence-electron chi connectivity index (χ1n) is 7.31. The second-order valence-corrected chi connectivity index (χ2v) is 6.33. The maximum absolute atomic E-state index is 14.2. The molecule has 3 nitrogen and oxygen atoms in total. The fraction of sp³-hybridized carbons (Fsp3) is 0.562. The van der Waals surface area contributed by atoms with Crippen LogP contribution in [-0.4, -0.2) is 25.2 Å². The number of piperazine rings is 1. The van der Waals surface area contributed by atoms with Gasteiger partial charge in [0.25, 0.3) is 0 Å². The molecule has 2 atom stereocenters. The van der Waals surface area contributed by atoms with Gasteiger partial charge in [0.15, 0.2) is 0 Å². The molecule has 2 bridgehead atoms. The maximum atomic E-state index is 14.2. The highest BCUT2D eigenvalue weighted by Crippen LogP contribution is 2.34. The smallest absolute Gasteiger partial charge is 0.143 e. The van der Waals surface area contributed by atoms with E-state index in [1.807, 2.05) is 12.1 Å². The summed E-state index contributed by atoms with van der Waals surface area (Å²) >= 11 is 0. The van der Waals surface area contributed by atoms with Gasteiger partial charge in [-0.25, -0.2) is 4.39 Å². The number of fused-ring (bicyclic) bond motifs is 2. The highest BCUT2D eigenvalue weighted by atomic mass is 35.5. The Labute approximate surface area is 131 Å². The quantitative estimate of drug-likeness (QED) is 0.933. The zero-order valence-electron chi connectivity index (χ0n) is 12.4. The van der Waals surface area contributed by atoms with Gasteiger partial charge in [-0.05, 0) is 36.5 Å². The van der Waals surface area contributed by atoms with E-state index in [9.17, 15) is 9.65 Å². The van der Waals surface area contributed by atoms with Crippen LogP contribution in [0.15, 0.2) is 12.1 Å². The van der Waals surface area contributed by atoms with Crippen molar-refractivity contribution in [2.24, 2.45) is 5.92 Å². The Morgan fingerprint density at radius 1 is 1.48 bits per heavy atom. The van der Waals surface area contributed by atoms with Crippen molar-refractivity contribution in [1.29, 1.82) is 5.26 Å². The minimum absolute atomic E-state index is 0. The first-order chi connectivity index (χ1) is 9.58. The summed E-state index contributed by atoms with van der Waals surface area (Å²) in [5, 5.41) is 12.7. The van der Waals surface area contributed by atoms with Crippen LogP contribution in [-0.2, 0) is 6.42 Å². The molecule has 114 valence electrons. The topological polar surface area (TPSA) is 39.1 Å². The lowest BCUT2D eigenvalue weighted by Gasteiger charge is -2.30. The highest BCUT2D eigenvalue weighted by molar-refractivity contribution is 5.85. The Hall–Kier alpha value is -1.31. The number of nitriles is 1. The maximum Gasteiger partial charge on any atom is 0.143 e. The Bertz CT molecular complexity index is 567. The van der Waals surface area contributed by atoms with E-state index in [0.717, 1.165) is 37.2 Å². The third-order valence-electron chi connectivity index (χ3n) is 4.25. The van der Waals surface area contributed by atoms with Gasteiger partial charge < -0.3 is 10.2 Å². The van der Waals surface area contributed by atoms with Crippen LogP contribution in [0.2, 0.25) is 0 Å². The molecule has 2 saturated heterocycles. The van der Waals surface area contributed by atoms with Crippen LogP contribution in [0.3, 0.4) is 0 Å². The van der Waals surface area contributed by atoms with Crippen molar-refractivity contribution in [3.8, 4) is 6.07 Å². The van der Waals surface area contributed by atoms with E-state index in [4.69, 9.17) is 0 Å². The van der Waals surface area contributed by atoms with Gasteiger partial charge in [0, 0.05) is 25.2 Å². The third-order valence-corrected chi connectivity index (χ3v) is 4.25. The molecule has 0 amide bonds. The summed E-state index contributed by atoms with van der Waals surface area (Å²) < 4.78 is 14.2. The number of hydrogen-bond donors (Lipinski definition) is 1. The zero-order chi connectivity index (χ0) is 14.3. The average molecular weight is 310 g/mol. The fourth-order valence-electron chi connectivity index (χ4n) is 3.43. The predicted molar refractivity (Wildman–Crippen MR) is 84.4 cm³/mol. The number of anilines is 1. The highest BCUT2D eigenvalue weighted by Gasteiger charge is 2.38. The molecule has 0 saturated carbocycles. The summed E-state index contributed by atoms with van der Waals surface area (Å²) in [6.45, 7) is 6.06. The number of benzene rings is 1. The lowest BCUT2D eigenvalue weighted by molar-refractivity contribution is 0.573. The molecule has 0 radical (unpaired) electrons. The van der Waals surface area contributed by atoms with Gasteiger partial charge >= 0.3 is 0 Å². The van der Waals surface area contributed by atoms with E-state index >= 15 is 0 Å². The van der Waals surface area contributed by atoms with Gasteiger partial charge in [-0.15, -0.1) is 12.4 Å². The number of nitrogens with zero attached hydrogens (tertiary/aromatic N) is 2. The molecule has 21 heavy (non-hydrogen) atoms. The molecule has 1 aromatic rings. The van der Waals surface area contributed by atoms with Crippen molar-refractivity contribution in [1.82, 2.24) is 5.32 Å². The van der Waals surface area contributed by atoms with Crippen LogP contribution >= 0.6 is 12.4 Å². The second-order valence-electron chi connectivity index (χ2n) is 6.33. The van der Waals surface area contributed by atoms with Crippen molar-refractivity contribution in [3.63, 3.8) is 0 Å². The molecule has 2 aliphatic rings. The molecule has 5 heteroatoms. The van der Waals surface area contributed by atoms with Crippen LogP contribution in [0.25, 0.3) is 0 Å².